The van der Waals surface area contributed by atoms with Crippen LogP contribution in [0.4, 0.5) is 0 Å². The Labute approximate surface area is 119 Å². The van der Waals surface area contributed by atoms with Crippen LogP contribution in [0.5, 0.6) is 0 Å². The summed E-state index contributed by atoms with van der Waals surface area (Å²) in [4.78, 5) is 11.4. The molecular formula is C17H19NO2. The summed E-state index contributed by atoms with van der Waals surface area (Å²) in [6, 6.07) is 19.6. The third kappa shape index (κ3) is 3.25. The molecule has 2 aromatic carbocycles. The van der Waals surface area contributed by atoms with Crippen molar-refractivity contribution < 1.29 is 9.90 Å². The first kappa shape index (κ1) is 14.3. The van der Waals surface area contributed by atoms with E-state index in [2.05, 4.69) is 5.32 Å². The highest BCUT2D eigenvalue weighted by atomic mass is 16.4. The van der Waals surface area contributed by atoms with Gasteiger partial charge in [0.1, 0.15) is 5.54 Å². The Balaban J connectivity index is 2.38. The number of nitrogens with one attached hydrogen (secondary N) is 1. The van der Waals surface area contributed by atoms with Gasteiger partial charge < -0.3 is 5.11 Å². The molecule has 20 heavy (non-hydrogen) atoms. The number of carboxylic acids is 1. The third-order valence-corrected chi connectivity index (χ3v) is 3.31. The van der Waals surface area contributed by atoms with Crippen molar-refractivity contribution in [1.82, 2.24) is 5.32 Å². The molecule has 2 aromatic rings. The van der Waals surface area contributed by atoms with Crippen LogP contribution in [0, 0.1) is 0 Å². The standard InChI is InChI=1S/C17H19NO2/c1-17(2,16(19)20)18-15(13-9-5-3-6-10-13)14-11-7-4-8-12-14/h3-12,15,18H,1-2H3,(H,19,20). The van der Waals surface area contributed by atoms with Gasteiger partial charge in [0.15, 0.2) is 0 Å². The lowest BCUT2D eigenvalue weighted by atomic mass is 9.95. The zero-order chi connectivity index (χ0) is 14.6. The van der Waals surface area contributed by atoms with Crippen molar-refractivity contribution in [2.24, 2.45) is 0 Å². The van der Waals surface area contributed by atoms with Gasteiger partial charge in [-0.15, -0.1) is 0 Å². The molecule has 0 aromatic heterocycles. The summed E-state index contributed by atoms with van der Waals surface area (Å²) < 4.78 is 0. The van der Waals surface area contributed by atoms with Crippen LogP contribution in [0.1, 0.15) is 31.0 Å². The Kier molecular flexibility index (Phi) is 4.20. The summed E-state index contributed by atoms with van der Waals surface area (Å²) in [6.07, 6.45) is 0. The molecule has 0 heterocycles. The minimum absolute atomic E-state index is 0.150. The molecule has 2 N–H and O–H groups in total. The first-order valence-corrected chi connectivity index (χ1v) is 6.62. The Hall–Kier alpha value is -2.13. The number of rotatable bonds is 5. The van der Waals surface area contributed by atoms with E-state index < -0.39 is 11.5 Å². The minimum Gasteiger partial charge on any atom is -0.480 e. The average Bonchev–Trinajstić information content (AvgIpc) is 2.46. The van der Waals surface area contributed by atoms with Crippen LogP contribution in [0.3, 0.4) is 0 Å². The molecule has 0 fully saturated rings. The molecule has 0 aliphatic heterocycles. The molecule has 2 rings (SSSR count). The van der Waals surface area contributed by atoms with Crippen molar-refractivity contribution in [2.75, 3.05) is 0 Å². The Morgan fingerprint density at radius 2 is 1.35 bits per heavy atom. The van der Waals surface area contributed by atoms with Crippen molar-refractivity contribution >= 4 is 5.97 Å². The molecule has 0 amide bonds. The molecule has 0 unspecified atom stereocenters. The predicted molar refractivity (Wildman–Crippen MR) is 79.6 cm³/mol. The number of hydrogen-bond acceptors (Lipinski definition) is 2. The molecule has 0 radical (unpaired) electrons. The molecule has 0 atom stereocenters. The molecule has 3 nitrogen and oxygen atoms in total. The Morgan fingerprint density at radius 3 is 1.70 bits per heavy atom. The van der Waals surface area contributed by atoms with Gasteiger partial charge in [-0.1, -0.05) is 60.7 Å². The van der Waals surface area contributed by atoms with Gasteiger partial charge in [0.2, 0.25) is 0 Å². The second-order valence-corrected chi connectivity index (χ2v) is 5.33. The van der Waals surface area contributed by atoms with Gasteiger partial charge in [-0.2, -0.15) is 0 Å². The van der Waals surface area contributed by atoms with E-state index in [9.17, 15) is 9.90 Å². The predicted octanol–water partition coefficient (Wildman–Crippen LogP) is 3.23. The summed E-state index contributed by atoms with van der Waals surface area (Å²) >= 11 is 0. The maximum absolute atomic E-state index is 11.4. The molecular weight excluding hydrogens is 250 g/mol. The van der Waals surface area contributed by atoms with Gasteiger partial charge in [-0.25, -0.2) is 0 Å². The minimum atomic E-state index is -1.00. The summed E-state index contributed by atoms with van der Waals surface area (Å²) in [5.74, 6) is -0.866. The summed E-state index contributed by atoms with van der Waals surface area (Å²) in [5, 5.41) is 12.5. The number of benzene rings is 2. The van der Waals surface area contributed by atoms with Crippen molar-refractivity contribution in [3.8, 4) is 0 Å². The number of hydrogen-bond donors (Lipinski definition) is 2. The van der Waals surface area contributed by atoms with Gasteiger partial charge in [-0.05, 0) is 25.0 Å². The van der Waals surface area contributed by atoms with Gasteiger partial charge in [0, 0.05) is 0 Å². The smallest absolute Gasteiger partial charge is 0.323 e. The lowest BCUT2D eigenvalue weighted by molar-refractivity contribution is -0.143. The van der Waals surface area contributed by atoms with E-state index in [-0.39, 0.29) is 6.04 Å². The zero-order valence-corrected chi connectivity index (χ0v) is 11.7. The molecule has 0 saturated carbocycles. The normalized spacial score (nSPS) is 11.6. The van der Waals surface area contributed by atoms with Crippen LogP contribution in [-0.4, -0.2) is 16.6 Å². The van der Waals surface area contributed by atoms with E-state index >= 15 is 0 Å². The van der Waals surface area contributed by atoms with Crippen molar-refractivity contribution in [3.05, 3.63) is 71.8 Å². The van der Waals surface area contributed by atoms with Crippen molar-refractivity contribution in [3.63, 3.8) is 0 Å². The fraction of sp³-hybridized carbons (Fsp3) is 0.235. The van der Waals surface area contributed by atoms with Crippen LogP contribution in [0.25, 0.3) is 0 Å². The van der Waals surface area contributed by atoms with Gasteiger partial charge in [-0.3, -0.25) is 10.1 Å². The zero-order valence-electron chi connectivity index (χ0n) is 11.7. The van der Waals surface area contributed by atoms with Crippen LogP contribution in [0.15, 0.2) is 60.7 Å². The monoisotopic (exact) mass is 269 g/mol. The fourth-order valence-electron chi connectivity index (χ4n) is 2.07. The fourth-order valence-corrected chi connectivity index (χ4v) is 2.07. The van der Waals surface area contributed by atoms with E-state index in [0.29, 0.717) is 0 Å². The lowest BCUT2D eigenvalue weighted by Crippen LogP contribution is -2.48. The highest BCUT2D eigenvalue weighted by molar-refractivity contribution is 5.77. The Morgan fingerprint density at radius 1 is 0.950 bits per heavy atom. The van der Waals surface area contributed by atoms with Gasteiger partial charge in [0.05, 0.1) is 6.04 Å². The molecule has 0 aliphatic rings. The van der Waals surface area contributed by atoms with Crippen LogP contribution in [0.2, 0.25) is 0 Å². The molecule has 0 aliphatic carbocycles. The molecule has 104 valence electrons. The van der Waals surface area contributed by atoms with E-state index in [4.69, 9.17) is 0 Å². The van der Waals surface area contributed by atoms with Crippen LogP contribution in [-0.2, 0) is 4.79 Å². The largest absolute Gasteiger partial charge is 0.480 e. The average molecular weight is 269 g/mol. The van der Waals surface area contributed by atoms with E-state index in [0.717, 1.165) is 11.1 Å². The van der Waals surface area contributed by atoms with Crippen LogP contribution >= 0.6 is 0 Å². The summed E-state index contributed by atoms with van der Waals surface area (Å²) in [7, 11) is 0. The van der Waals surface area contributed by atoms with Gasteiger partial charge >= 0.3 is 5.97 Å². The number of carbonyl (C=O) groups is 1. The highest BCUT2D eigenvalue weighted by Crippen LogP contribution is 2.24. The lowest BCUT2D eigenvalue weighted by Gasteiger charge is -2.29. The maximum atomic E-state index is 11.4. The van der Waals surface area contributed by atoms with Crippen LogP contribution < -0.4 is 5.32 Å². The topological polar surface area (TPSA) is 49.3 Å². The quantitative estimate of drug-likeness (QED) is 0.876. The second-order valence-electron chi connectivity index (χ2n) is 5.33. The van der Waals surface area contributed by atoms with E-state index in [1.807, 2.05) is 60.7 Å². The molecule has 0 bridgehead atoms. The molecule has 0 saturated heterocycles. The van der Waals surface area contributed by atoms with Gasteiger partial charge in [0.25, 0.3) is 0 Å². The van der Waals surface area contributed by atoms with Crippen molar-refractivity contribution in [2.45, 2.75) is 25.4 Å². The number of carboxylic acid groups (broad SMARTS) is 1. The molecule has 3 heteroatoms. The first-order valence-electron chi connectivity index (χ1n) is 6.62. The SMILES string of the molecule is CC(C)(NC(c1ccccc1)c1ccccc1)C(=O)O. The maximum Gasteiger partial charge on any atom is 0.323 e. The third-order valence-electron chi connectivity index (χ3n) is 3.31. The van der Waals surface area contributed by atoms with E-state index in [1.165, 1.54) is 0 Å². The van der Waals surface area contributed by atoms with Crippen molar-refractivity contribution in [1.29, 1.82) is 0 Å². The molecule has 0 spiro atoms. The summed E-state index contributed by atoms with van der Waals surface area (Å²) in [5.41, 5.74) is 1.09. The second kappa shape index (κ2) is 5.88. The number of aliphatic carboxylic acids is 1. The Bertz CT molecular complexity index is 525. The first-order chi connectivity index (χ1) is 9.50. The van der Waals surface area contributed by atoms with E-state index in [1.54, 1.807) is 13.8 Å². The summed E-state index contributed by atoms with van der Waals surface area (Å²) in [6.45, 7) is 3.35. The highest BCUT2D eigenvalue weighted by Gasteiger charge is 2.30.